The predicted octanol–water partition coefficient (Wildman–Crippen LogP) is 3.20. The van der Waals surface area contributed by atoms with Gasteiger partial charge < -0.3 is 15.3 Å². The molecule has 156 valence electrons. The van der Waals surface area contributed by atoms with Gasteiger partial charge in [0.15, 0.2) is 0 Å². The summed E-state index contributed by atoms with van der Waals surface area (Å²) in [4.78, 5) is 17.2. The van der Waals surface area contributed by atoms with Crippen LogP contribution in [0.2, 0.25) is 0 Å². The first-order valence-corrected chi connectivity index (χ1v) is 9.98. The second-order valence-corrected chi connectivity index (χ2v) is 7.76. The van der Waals surface area contributed by atoms with Crippen LogP contribution >= 0.6 is 0 Å². The van der Waals surface area contributed by atoms with Gasteiger partial charge in [0.1, 0.15) is 17.1 Å². The maximum absolute atomic E-state index is 12.4. The lowest BCUT2D eigenvalue weighted by atomic mass is 9.69. The highest BCUT2D eigenvalue weighted by atomic mass is 16.6. The van der Waals surface area contributed by atoms with Gasteiger partial charge in [-0.25, -0.2) is 5.48 Å². The number of carbonyl (C=O) groups excluding carboxylic acids is 1. The van der Waals surface area contributed by atoms with Crippen LogP contribution in [0.1, 0.15) is 48.9 Å². The Morgan fingerprint density at radius 2 is 1.79 bits per heavy atom. The quantitative estimate of drug-likeness (QED) is 0.594. The van der Waals surface area contributed by atoms with Crippen molar-refractivity contribution in [3.8, 4) is 11.5 Å². The van der Waals surface area contributed by atoms with Crippen LogP contribution in [-0.4, -0.2) is 28.3 Å². The lowest BCUT2D eigenvalue weighted by molar-refractivity contribution is -0.136. The van der Waals surface area contributed by atoms with E-state index in [9.17, 15) is 20.1 Å². The van der Waals surface area contributed by atoms with Crippen LogP contribution in [0.25, 0.3) is 0 Å². The van der Waals surface area contributed by atoms with E-state index in [1.807, 2.05) is 45.0 Å². The Bertz CT molecular complexity index is 910. The number of carbonyl (C=O) groups is 1. The van der Waals surface area contributed by atoms with Crippen molar-refractivity contribution >= 4 is 5.91 Å². The van der Waals surface area contributed by atoms with E-state index in [0.29, 0.717) is 24.0 Å². The Labute approximate surface area is 171 Å². The van der Waals surface area contributed by atoms with E-state index >= 15 is 0 Å². The minimum atomic E-state index is -1.41. The van der Waals surface area contributed by atoms with Gasteiger partial charge in [0.2, 0.25) is 5.91 Å². The van der Waals surface area contributed by atoms with Gasteiger partial charge in [-0.3, -0.25) is 9.63 Å². The molecule has 2 aromatic carbocycles. The molecular formula is C23H29NO5. The molecule has 2 aliphatic carbocycles. The third-order valence-corrected chi connectivity index (χ3v) is 6.20. The zero-order valence-electron chi connectivity index (χ0n) is 17.3. The topological polar surface area (TPSA) is 99.0 Å². The summed E-state index contributed by atoms with van der Waals surface area (Å²) in [5.41, 5.74) is 3.33. The highest BCUT2D eigenvalue weighted by Gasteiger charge is 2.65. The van der Waals surface area contributed by atoms with E-state index in [1.54, 1.807) is 6.07 Å². The van der Waals surface area contributed by atoms with Gasteiger partial charge >= 0.3 is 0 Å². The molecule has 0 radical (unpaired) electrons. The molecule has 2 aliphatic rings. The predicted molar refractivity (Wildman–Crippen MR) is 109 cm³/mol. The molecule has 6 heteroatoms. The smallest absolute Gasteiger partial charge is 0.246 e. The van der Waals surface area contributed by atoms with Crippen LogP contribution in [-0.2, 0) is 27.1 Å². The van der Waals surface area contributed by atoms with Crippen LogP contribution in [0, 0.1) is 12.8 Å². The van der Waals surface area contributed by atoms with Crippen molar-refractivity contribution in [2.45, 2.75) is 51.0 Å². The number of fused-ring (bicyclic) bond motifs is 3. The number of hydrogen-bond acceptors (Lipinski definition) is 5. The van der Waals surface area contributed by atoms with Crippen molar-refractivity contribution in [1.82, 2.24) is 5.48 Å². The first kappa shape index (κ1) is 21.1. The van der Waals surface area contributed by atoms with Crippen molar-refractivity contribution < 1.29 is 25.0 Å². The molecule has 4 rings (SSSR count). The van der Waals surface area contributed by atoms with Gasteiger partial charge in [-0.05, 0) is 43.4 Å². The number of aromatic hydroxyl groups is 2. The van der Waals surface area contributed by atoms with E-state index < -0.39 is 16.9 Å². The highest BCUT2D eigenvalue weighted by Crippen LogP contribution is 2.64. The van der Waals surface area contributed by atoms with E-state index in [0.717, 1.165) is 11.1 Å². The number of phenols is 2. The van der Waals surface area contributed by atoms with Gasteiger partial charge in [0.25, 0.3) is 0 Å². The van der Waals surface area contributed by atoms with Crippen molar-refractivity contribution in [2.75, 3.05) is 7.11 Å². The fraction of sp³-hybridized carbons (Fsp3) is 0.435. The van der Waals surface area contributed by atoms with Gasteiger partial charge in [-0.2, -0.15) is 0 Å². The molecule has 4 N–H and O–H groups in total. The summed E-state index contributed by atoms with van der Waals surface area (Å²) >= 11 is 0. The fourth-order valence-corrected chi connectivity index (χ4v) is 5.09. The van der Waals surface area contributed by atoms with Crippen molar-refractivity contribution in [3.63, 3.8) is 0 Å². The summed E-state index contributed by atoms with van der Waals surface area (Å²) in [7, 11) is 1.38. The molecule has 0 aromatic heterocycles. The third-order valence-electron chi connectivity index (χ3n) is 6.20. The second-order valence-electron chi connectivity index (χ2n) is 7.76. The summed E-state index contributed by atoms with van der Waals surface area (Å²) in [6, 6.07) is 10.7. The number of benzene rings is 2. The number of aryl methyl sites for hydroxylation is 1. The molecule has 0 spiro atoms. The lowest BCUT2D eigenvalue weighted by Crippen LogP contribution is -2.41. The van der Waals surface area contributed by atoms with Crippen LogP contribution < -0.4 is 5.48 Å². The van der Waals surface area contributed by atoms with E-state index in [-0.39, 0.29) is 23.8 Å². The largest absolute Gasteiger partial charge is 0.508 e. The van der Waals surface area contributed by atoms with Gasteiger partial charge in [-0.1, -0.05) is 43.7 Å². The minimum absolute atomic E-state index is 0.0393. The summed E-state index contributed by atoms with van der Waals surface area (Å²) < 4.78 is 0. The molecule has 0 saturated heterocycles. The number of hydrogen-bond donors (Lipinski definition) is 4. The monoisotopic (exact) mass is 399 g/mol. The molecule has 29 heavy (non-hydrogen) atoms. The van der Waals surface area contributed by atoms with Crippen molar-refractivity contribution in [3.05, 3.63) is 58.7 Å². The molecule has 0 aliphatic heterocycles. The van der Waals surface area contributed by atoms with E-state index in [1.165, 1.54) is 13.2 Å². The maximum atomic E-state index is 12.4. The number of nitrogens with one attached hydrogen (secondary N) is 1. The molecule has 1 saturated carbocycles. The Morgan fingerprint density at radius 1 is 1.14 bits per heavy atom. The third kappa shape index (κ3) is 3.16. The van der Waals surface area contributed by atoms with Gasteiger partial charge in [0.05, 0.1) is 7.11 Å². The Hall–Kier alpha value is -2.57. The van der Waals surface area contributed by atoms with Crippen molar-refractivity contribution in [2.24, 2.45) is 5.92 Å². The van der Waals surface area contributed by atoms with Gasteiger partial charge in [0, 0.05) is 23.0 Å². The van der Waals surface area contributed by atoms with E-state index in [2.05, 4.69) is 5.48 Å². The molecule has 2 aromatic rings. The zero-order chi connectivity index (χ0) is 21.4. The molecule has 1 amide bonds. The Kier molecular flexibility index (Phi) is 5.61. The molecular weight excluding hydrogens is 370 g/mol. The first-order valence-electron chi connectivity index (χ1n) is 9.98. The SMILES string of the molecule is CC.CONC(=O)C1CC2(O)c3c(O)cc(O)cc3CC2(c2ccc(C)cc2)C1. The van der Waals surface area contributed by atoms with Gasteiger partial charge in [-0.15, -0.1) is 0 Å². The molecule has 0 heterocycles. The second kappa shape index (κ2) is 7.69. The number of hydroxylamine groups is 1. The molecule has 3 unspecified atom stereocenters. The summed E-state index contributed by atoms with van der Waals surface area (Å²) in [6.07, 6.45) is 1.01. The Morgan fingerprint density at radius 3 is 2.41 bits per heavy atom. The van der Waals surface area contributed by atoms with Crippen LogP contribution in [0.4, 0.5) is 0 Å². The minimum Gasteiger partial charge on any atom is -0.508 e. The summed E-state index contributed by atoms with van der Waals surface area (Å²) in [5.74, 6) is -0.930. The van der Waals surface area contributed by atoms with Crippen molar-refractivity contribution in [1.29, 1.82) is 0 Å². The normalized spacial score (nSPS) is 26.9. The number of rotatable bonds is 3. The standard InChI is InChI=1S/C21H23NO5.C2H6/c1-12-3-5-15(6-4-12)20-9-13-7-16(23)8-17(24)18(13)21(20,26)11-14(10-20)19(25)22-27-2;1-2/h3-8,14,23-24,26H,9-11H2,1-2H3,(H,22,25);1-2H3. The van der Waals surface area contributed by atoms with Crippen LogP contribution in [0.5, 0.6) is 11.5 Å². The number of aliphatic hydroxyl groups is 1. The zero-order valence-corrected chi connectivity index (χ0v) is 17.3. The number of phenolic OH excluding ortho intramolecular Hbond substituents is 2. The maximum Gasteiger partial charge on any atom is 0.246 e. The summed E-state index contributed by atoms with van der Waals surface area (Å²) in [5, 5.41) is 32.3. The fourth-order valence-electron chi connectivity index (χ4n) is 5.09. The highest BCUT2D eigenvalue weighted by molar-refractivity contribution is 5.79. The average Bonchev–Trinajstić information content (AvgIpc) is 3.10. The van der Waals surface area contributed by atoms with Crippen LogP contribution in [0.15, 0.2) is 36.4 Å². The molecule has 1 fully saturated rings. The first-order chi connectivity index (χ1) is 13.8. The number of amides is 1. The van der Waals surface area contributed by atoms with Crippen LogP contribution in [0.3, 0.4) is 0 Å². The molecule has 6 nitrogen and oxygen atoms in total. The average molecular weight is 399 g/mol. The lowest BCUT2D eigenvalue weighted by Gasteiger charge is -2.37. The summed E-state index contributed by atoms with van der Waals surface area (Å²) in [6.45, 7) is 5.99. The molecule has 0 bridgehead atoms. The van der Waals surface area contributed by atoms with E-state index in [4.69, 9.17) is 4.84 Å². The molecule has 3 atom stereocenters. The Balaban J connectivity index is 0.00000117.